The van der Waals surface area contributed by atoms with Crippen LogP contribution in [-0.4, -0.2) is 17.1 Å². The number of carbonyl (C=O) groups is 1. The summed E-state index contributed by atoms with van der Waals surface area (Å²) in [7, 11) is 0. The van der Waals surface area contributed by atoms with Crippen molar-refractivity contribution in [1.29, 1.82) is 0 Å². The van der Waals surface area contributed by atoms with Gasteiger partial charge in [-0.2, -0.15) is 8.78 Å². The van der Waals surface area contributed by atoms with Gasteiger partial charge in [0.05, 0.1) is 13.0 Å². The van der Waals surface area contributed by atoms with E-state index >= 15 is 0 Å². The first-order valence-electron chi connectivity index (χ1n) is 8.57. The highest BCUT2D eigenvalue weighted by atomic mass is 19.3. The Hall–Kier alpha value is -3.48. The van der Waals surface area contributed by atoms with Crippen molar-refractivity contribution < 1.29 is 18.3 Å². The van der Waals surface area contributed by atoms with E-state index in [2.05, 4.69) is 10.1 Å². The Morgan fingerprint density at radius 2 is 1.64 bits per heavy atom. The minimum Gasteiger partial charge on any atom is -0.435 e. The maximum Gasteiger partial charge on any atom is 0.387 e. The minimum absolute atomic E-state index is 0.0484. The molecule has 144 valence electrons. The SMILES string of the molecule is O=C(Cc1ccc(OC(F)F)cc1)Nc1ccc(Cn2ccccc2=O)cc1. The Morgan fingerprint density at radius 1 is 0.964 bits per heavy atom. The van der Waals surface area contributed by atoms with Crippen LogP contribution in [0.4, 0.5) is 14.5 Å². The highest BCUT2D eigenvalue weighted by molar-refractivity contribution is 5.92. The van der Waals surface area contributed by atoms with Crippen molar-refractivity contribution >= 4 is 11.6 Å². The molecule has 3 rings (SSSR count). The molecule has 3 aromatic rings. The minimum atomic E-state index is -2.88. The second-order valence-corrected chi connectivity index (χ2v) is 6.11. The molecule has 0 unspecified atom stereocenters. The number of hydrogen-bond acceptors (Lipinski definition) is 3. The summed E-state index contributed by atoms with van der Waals surface area (Å²) < 4.78 is 30.1. The van der Waals surface area contributed by atoms with Gasteiger partial charge >= 0.3 is 6.61 Å². The lowest BCUT2D eigenvalue weighted by Crippen LogP contribution is -2.18. The van der Waals surface area contributed by atoms with Crippen LogP contribution in [0.2, 0.25) is 0 Å². The van der Waals surface area contributed by atoms with Crippen LogP contribution >= 0.6 is 0 Å². The van der Waals surface area contributed by atoms with E-state index in [1.165, 1.54) is 18.2 Å². The number of aromatic nitrogens is 1. The van der Waals surface area contributed by atoms with E-state index in [0.29, 0.717) is 17.8 Å². The molecule has 0 aliphatic rings. The molecule has 2 aromatic carbocycles. The molecule has 1 N–H and O–H groups in total. The van der Waals surface area contributed by atoms with Crippen LogP contribution in [0.5, 0.6) is 5.75 Å². The monoisotopic (exact) mass is 384 g/mol. The maximum absolute atomic E-state index is 12.2. The first kappa shape index (κ1) is 19.3. The Balaban J connectivity index is 1.55. The summed E-state index contributed by atoms with van der Waals surface area (Å²) in [6, 6.07) is 18.1. The quantitative estimate of drug-likeness (QED) is 0.676. The smallest absolute Gasteiger partial charge is 0.387 e. The molecule has 1 amide bonds. The third-order valence-corrected chi connectivity index (χ3v) is 4.00. The van der Waals surface area contributed by atoms with Gasteiger partial charge in [0, 0.05) is 18.0 Å². The number of anilines is 1. The number of nitrogens with zero attached hydrogens (tertiary/aromatic N) is 1. The predicted molar refractivity (Wildman–Crippen MR) is 102 cm³/mol. The second kappa shape index (κ2) is 8.94. The van der Waals surface area contributed by atoms with Crippen molar-refractivity contribution in [1.82, 2.24) is 4.57 Å². The molecule has 0 aliphatic heterocycles. The Labute approximate surface area is 160 Å². The number of alkyl halides is 2. The highest BCUT2D eigenvalue weighted by Gasteiger charge is 2.07. The molecule has 1 heterocycles. The molecule has 0 radical (unpaired) electrons. The molecule has 0 bridgehead atoms. The molecule has 28 heavy (non-hydrogen) atoms. The van der Waals surface area contributed by atoms with Gasteiger partial charge in [-0.15, -0.1) is 0 Å². The molecule has 0 saturated carbocycles. The van der Waals surface area contributed by atoms with E-state index < -0.39 is 6.61 Å². The van der Waals surface area contributed by atoms with E-state index in [9.17, 15) is 18.4 Å². The Bertz CT molecular complexity index is 984. The third-order valence-electron chi connectivity index (χ3n) is 4.00. The topological polar surface area (TPSA) is 60.3 Å². The van der Waals surface area contributed by atoms with Crippen molar-refractivity contribution in [3.05, 3.63) is 94.4 Å². The zero-order valence-electron chi connectivity index (χ0n) is 14.8. The van der Waals surface area contributed by atoms with Crippen LogP contribution in [-0.2, 0) is 17.8 Å². The van der Waals surface area contributed by atoms with Crippen LogP contribution in [0.15, 0.2) is 77.7 Å². The number of ether oxygens (including phenoxy) is 1. The average Bonchev–Trinajstić information content (AvgIpc) is 2.66. The van der Waals surface area contributed by atoms with E-state index in [-0.39, 0.29) is 23.6 Å². The van der Waals surface area contributed by atoms with Crippen LogP contribution in [0.3, 0.4) is 0 Å². The highest BCUT2D eigenvalue weighted by Crippen LogP contribution is 2.16. The lowest BCUT2D eigenvalue weighted by Gasteiger charge is -2.09. The van der Waals surface area contributed by atoms with Crippen LogP contribution in [0.1, 0.15) is 11.1 Å². The molecule has 0 aliphatic carbocycles. The van der Waals surface area contributed by atoms with Crippen LogP contribution in [0, 0.1) is 0 Å². The zero-order valence-corrected chi connectivity index (χ0v) is 14.8. The molecule has 0 saturated heterocycles. The van der Waals surface area contributed by atoms with Crippen molar-refractivity contribution in [3.8, 4) is 5.75 Å². The van der Waals surface area contributed by atoms with Gasteiger partial charge in [-0.05, 0) is 41.5 Å². The predicted octanol–water partition coefficient (Wildman–Crippen LogP) is 3.68. The average molecular weight is 384 g/mol. The summed E-state index contributed by atoms with van der Waals surface area (Å²) in [5.74, 6) is -0.179. The fourth-order valence-electron chi connectivity index (χ4n) is 2.66. The molecule has 0 spiro atoms. The summed E-state index contributed by atoms with van der Waals surface area (Å²) in [4.78, 5) is 23.9. The normalized spacial score (nSPS) is 10.7. The fraction of sp³-hybridized carbons (Fsp3) is 0.143. The van der Waals surface area contributed by atoms with Gasteiger partial charge in [0.1, 0.15) is 5.75 Å². The Morgan fingerprint density at radius 3 is 2.29 bits per heavy atom. The van der Waals surface area contributed by atoms with Gasteiger partial charge in [0.2, 0.25) is 5.91 Å². The lowest BCUT2D eigenvalue weighted by molar-refractivity contribution is -0.115. The summed E-state index contributed by atoms with van der Waals surface area (Å²) in [5.41, 5.74) is 2.16. The van der Waals surface area contributed by atoms with Gasteiger partial charge in [-0.1, -0.05) is 30.3 Å². The number of halogens is 2. The number of amides is 1. The van der Waals surface area contributed by atoms with Gasteiger partial charge in [0.25, 0.3) is 5.56 Å². The molecule has 5 nitrogen and oxygen atoms in total. The van der Waals surface area contributed by atoms with E-state index in [0.717, 1.165) is 5.56 Å². The van der Waals surface area contributed by atoms with Crippen molar-refractivity contribution in [2.75, 3.05) is 5.32 Å². The van der Waals surface area contributed by atoms with E-state index in [1.807, 2.05) is 12.1 Å². The lowest BCUT2D eigenvalue weighted by atomic mass is 10.1. The largest absolute Gasteiger partial charge is 0.435 e. The summed E-state index contributed by atoms with van der Waals surface area (Å²) in [5, 5.41) is 2.78. The van der Waals surface area contributed by atoms with Crippen LogP contribution < -0.4 is 15.6 Å². The number of pyridine rings is 1. The van der Waals surface area contributed by atoms with Gasteiger partial charge in [-0.25, -0.2) is 0 Å². The number of carbonyl (C=O) groups excluding carboxylic acids is 1. The summed E-state index contributed by atoms with van der Waals surface area (Å²) in [6.07, 6.45) is 1.83. The standard InChI is InChI=1S/C21H18F2N2O3/c22-21(23)28-18-10-6-15(7-11-18)13-19(26)24-17-8-4-16(5-9-17)14-25-12-2-1-3-20(25)27/h1-12,21H,13-14H2,(H,24,26). The first-order valence-corrected chi connectivity index (χ1v) is 8.57. The summed E-state index contributed by atoms with van der Waals surface area (Å²) >= 11 is 0. The fourth-order valence-corrected chi connectivity index (χ4v) is 2.66. The molecular weight excluding hydrogens is 366 g/mol. The van der Waals surface area contributed by atoms with Crippen molar-refractivity contribution in [2.24, 2.45) is 0 Å². The van der Waals surface area contributed by atoms with E-state index in [1.54, 1.807) is 47.2 Å². The number of hydrogen-bond donors (Lipinski definition) is 1. The van der Waals surface area contributed by atoms with Gasteiger partial charge < -0.3 is 14.6 Å². The molecular formula is C21H18F2N2O3. The maximum atomic E-state index is 12.2. The third kappa shape index (κ3) is 5.51. The van der Waals surface area contributed by atoms with Crippen LogP contribution in [0.25, 0.3) is 0 Å². The zero-order chi connectivity index (χ0) is 19.9. The van der Waals surface area contributed by atoms with Gasteiger partial charge in [-0.3, -0.25) is 9.59 Å². The van der Waals surface area contributed by atoms with E-state index in [4.69, 9.17) is 0 Å². The molecule has 1 aromatic heterocycles. The number of rotatable bonds is 7. The molecule has 7 heteroatoms. The number of nitrogens with one attached hydrogen (secondary N) is 1. The van der Waals surface area contributed by atoms with Crippen molar-refractivity contribution in [3.63, 3.8) is 0 Å². The summed E-state index contributed by atoms with van der Waals surface area (Å²) in [6.45, 7) is -2.43. The Kier molecular flexibility index (Phi) is 6.16. The molecule has 0 fully saturated rings. The van der Waals surface area contributed by atoms with Crippen molar-refractivity contribution in [2.45, 2.75) is 19.6 Å². The molecule has 0 atom stereocenters. The van der Waals surface area contributed by atoms with Gasteiger partial charge in [0.15, 0.2) is 0 Å². The number of benzene rings is 2. The second-order valence-electron chi connectivity index (χ2n) is 6.11. The first-order chi connectivity index (χ1) is 13.5.